The third-order valence-electron chi connectivity index (χ3n) is 4.92. The van der Waals surface area contributed by atoms with Crippen molar-refractivity contribution in [2.75, 3.05) is 0 Å². The highest BCUT2D eigenvalue weighted by atomic mass is 19.1. The Hall–Kier alpha value is -2.73. The summed E-state index contributed by atoms with van der Waals surface area (Å²) in [5, 5.41) is 4.09. The van der Waals surface area contributed by atoms with E-state index in [-0.39, 0.29) is 11.7 Å². The topological polar surface area (TPSA) is 72.9 Å². The molecule has 1 aromatic carbocycles. The number of carbonyl (C=O) groups excluding carboxylic acids is 1. The SMILES string of the molecule is CCn1cc([C@@H](NC(=O)[C@H](N)CC(C)C)c2ccc(F)cc2)c2ccncc21. The highest BCUT2D eigenvalue weighted by Gasteiger charge is 2.24. The van der Waals surface area contributed by atoms with Gasteiger partial charge in [-0.15, -0.1) is 0 Å². The molecule has 2 heterocycles. The Bertz CT molecular complexity index is 949. The van der Waals surface area contributed by atoms with E-state index in [4.69, 9.17) is 5.73 Å². The van der Waals surface area contributed by atoms with E-state index < -0.39 is 12.1 Å². The second-order valence-corrected chi connectivity index (χ2v) is 7.49. The van der Waals surface area contributed by atoms with Gasteiger partial charge in [0.25, 0.3) is 0 Å². The Morgan fingerprint density at radius 3 is 2.61 bits per heavy atom. The van der Waals surface area contributed by atoms with Crippen LogP contribution in [0, 0.1) is 11.7 Å². The van der Waals surface area contributed by atoms with Crippen LogP contribution in [-0.2, 0) is 11.3 Å². The fourth-order valence-corrected chi connectivity index (χ4v) is 3.52. The minimum absolute atomic E-state index is 0.213. The van der Waals surface area contributed by atoms with Gasteiger partial charge in [0.15, 0.2) is 0 Å². The number of fused-ring (bicyclic) bond motifs is 1. The molecule has 0 aliphatic carbocycles. The quantitative estimate of drug-likeness (QED) is 0.653. The first kappa shape index (κ1) is 20.0. The Morgan fingerprint density at radius 1 is 1.25 bits per heavy atom. The zero-order chi connectivity index (χ0) is 20.3. The lowest BCUT2D eigenvalue weighted by molar-refractivity contribution is -0.123. The molecule has 3 aromatic rings. The van der Waals surface area contributed by atoms with E-state index in [1.54, 1.807) is 18.3 Å². The van der Waals surface area contributed by atoms with E-state index in [1.165, 1.54) is 12.1 Å². The molecule has 1 amide bonds. The molecule has 148 valence electrons. The number of nitrogens with one attached hydrogen (secondary N) is 1. The van der Waals surface area contributed by atoms with Crippen molar-refractivity contribution < 1.29 is 9.18 Å². The summed E-state index contributed by atoms with van der Waals surface area (Å²) in [6.45, 7) is 6.90. The number of aryl methyl sites for hydroxylation is 1. The van der Waals surface area contributed by atoms with Crippen molar-refractivity contribution >= 4 is 16.8 Å². The molecule has 3 N–H and O–H groups in total. The van der Waals surface area contributed by atoms with Crippen molar-refractivity contribution in [3.63, 3.8) is 0 Å². The molecule has 0 saturated heterocycles. The normalized spacial score (nSPS) is 13.6. The van der Waals surface area contributed by atoms with E-state index in [0.29, 0.717) is 12.3 Å². The van der Waals surface area contributed by atoms with Gasteiger partial charge in [0.05, 0.1) is 23.8 Å². The van der Waals surface area contributed by atoms with Gasteiger partial charge < -0.3 is 15.6 Å². The molecule has 5 nitrogen and oxygen atoms in total. The smallest absolute Gasteiger partial charge is 0.237 e. The second-order valence-electron chi connectivity index (χ2n) is 7.49. The van der Waals surface area contributed by atoms with Crippen LogP contribution in [0.3, 0.4) is 0 Å². The van der Waals surface area contributed by atoms with E-state index >= 15 is 0 Å². The van der Waals surface area contributed by atoms with Crippen LogP contribution in [0.2, 0.25) is 0 Å². The molecule has 0 spiro atoms. The molecule has 3 rings (SSSR count). The number of benzene rings is 1. The van der Waals surface area contributed by atoms with Crippen molar-refractivity contribution in [2.24, 2.45) is 11.7 Å². The maximum Gasteiger partial charge on any atom is 0.237 e. The lowest BCUT2D eigenvalue weighted by atomic mass is 9.97. The summed E-state index contributed by atoms with van der Waals surface area (Å²) in [5.41, 5.74) is 8.84. The molecule has 2 aromatic heterocycles. The number of hydrogen-bond donors (Lipinski definition) is 2. The summed E-state index contributed by atoms with van der Waals surface area (Å²) >= 11 is 0. The molecule has 0 saturated carbocycles. The molecular weight excluding hydrogens is 355 g/mol. The van der Waals surface area contributed by atoms with Crippen molar-refractivity contribution in [3.05, 3.63) is 65.9 Å². The molecule has 2 atom stereocenters. The van der Waals surface area contributed by atoms with Crippen LogP contribution in [0.5, 0.6) is 0 Å². The van der Waals surface area contributed by atoms with Gasteiger partial charge in [-0.2, -0.15) is 0 Å². The predicted octanol–water partition coefficient (Wildman–Crippen LogP) is 3.77. The molecule has 0 fully saturated rings. The number of amides is 1. The Balaban J connectivity index is 2.04. The Kier molecular flexibility index (Phi) is 6.09. The van der Waals surface area contributed by atoms with Crippen LogP contribution in [0.1, 0.15) is 44.4 Å². The van der Waals surface area contributed by atoms with Crippen molar-refractivity contribution in [1.82, 2.24) is 14.9 Å². The lowest BCUT2D eigenvalue weighted by Crippen LogP contribution is -2.43. The number of nitrogens with two attached hydrogens (primary N) is 1. The van der Waals surface area contributed by atoms with Crippen LogP contribution in [-0.4, -0.2) is 21.5 Å². The van der Waals surface area contributed by atoms with Crippen LogP contribution < -0.4 is 11.1 Å². The van der Waals surface area contributed by atoms with Gasteiger partial charge in [-0.3, -0.25) is 9.78 Å². The lowest BCUT2D eigenvalue weighted by Gasteiger charge is -2.22. The number of pyridine rings is 1. The van der Waals surface area contributed by atoms with Gasteiger partial charge in [0, 0.05) is 29.9 Å². The average molecular weight is 382 g/mol. The van der Waals surface area contributed by atoms with Crippen LogP contribution >= 0.6 is 0 Å². The van der Waals surface area contributed by atoms with E-state index in [1.807, 2.05) is 32.3 Å². The van der Waals surface area contributed by atoms with Crippen LogP contribution in [0.25, 0.3) is 10.9 Å². The molecule has 0 radical (unpaired) electrons. The van der Waals surface area contributed by atoms with E-state index in [2.05, 4.69) is 21.8 Å². The van der Waals surface area contributed by atoms with E-state index in [9.17, 15) is 9.18 Å². The molecule has 6 heteroatoms. The maximum absolute atomic E-state index is 13.5. The summed E-state index contributed by atoms with van der Waals surface area (Å²) in [6.07, 6.45) is 6.17. The molecule has 0 unspecified atom stereocenters. The fourth-order valence-electron chi connectivity index (χ4n) is 3.52. The van der Waals surface area contributed by atoms with Crippen molar-refractivity contribution in [2.45, 2.75) is 45.8 Å². The largest absolute Gasteiger partial charge is 0.346 e. The number of hydrogen-bond acceptors (Lipinski definition) is 3. The van der Waals surface area contributed by atoms with Gasteiger partial charge in [-0.05, 0) is 43.0 Å². The zero-order valence-corrected chi connectivity index (χ0v) is 16.5. The summed E-state index contributed by atoms with van der Waals surface area (Å²) in [6, 6.07) is 7.13. The highest BCUT2D eigenvalue weighted by Crippen LogP contribution is 2.31. The molecule has 0 aliphatic rings. The number of halogens is 1. The minimum atomic E-state index is -0.593. The predicted molar refractivity (Wildman–Crippen MR) is 109 cm³/mol. The molecule has 0 aliphatic heterocycles. The maximum atomic E-state index is 13.5. The van der Waals surface area contributed by atoms with Crippen LogP contribution in [0.15, 0.2) is 48.9 Å². The standard InChI is InChI=1S/C22H27FN4O/c1-4-27-13-18(17-9-10-25-12-20(17)27)21(15-5-7-16(23)8-6-15)26-22(28)19(24)11-14(2)3/h5-10,12-14,19,21H,4,11,24H2,1-3H3,(H,26,28)/t19-,21+/m1/s1. The van der Waals surface area contributed by atoms with Crippen molar-refractivity contribution in [1.29, 1.82) is 0 Å². The van der Waals surface area contributed by atoms with Gasteiger partial charge in [-0.25, -0.2) is 4.39 Å². The summed E-state index contributed by atoms with van der Waals surface area (Å²) in [4.78, 5) is 17.0. The van der Waals surface area contributed by atoms with Gasteiger partial charge in [0.2, 0.25) is 5.91 Å². The fraction of sp³-hybridized carbons (Fsp3) is 0.364. The van der Waals surface area contributed by atoms with Gasteiger partial charge >= 0.3 is 0 Å². The van der Waals surface area contributed by atoms with E-state index in [0.717, 1.165) is 28.6 Å². The minimum Gasteiger partial charge on any atom is -0.346 e. The third kappa shape index (κ3) is 4.22. The summed E-state index contributed by atoms with van der Waals surface area (Å²) in [7, 11) is 0. The van der Waals surface area contributed by atoms with Gasteiger partial charge in [0.1, 0.15) is 5.82 Å². The van der Waals surface area contributed by atoms with Gasteiger partial charge in [-0.1, -0.05) is 26.0 Å². The second kappa shape index (κ2) is 8.52. The number of nitrogens with zero attached hydrogens (tertiary/aromatic N) is 2. The first-order valence-corrected chi connectivity index (χ1v) is 9.64. The molecule has 0 bridgehead atoms. The number of aromatic nitrogens is 2. The first-order valence-electron chi connectivity index (χ1n) is 9.64. The molecular formula is C22H27FN4O. The van der Waals surface area contributed by atoms with Crippen LogP contribution in [0.4, 0.5) is 4.39 Å². The Morgan fingerprint density at radius 2 is 1.96 bits per heavy atom. The number of rotatable bonds is 7. The number of carbonyl (C=O) groups is 1. The Labute approximate surface area is 164 Å². The van der Waals surface area contributed by atoms with Crippen molar-refractivity contribution in [3.8, 4) is 0 Å². The molecule has 28 heavy (non-hydrogen) atoms. The highest BCUT2D eigenvalue weighted by molar-refractivity contribution is 5.87. The monoisotopic (exact) mass is 382 g/mol. The summed E-state index contributed by atoms with van der Waals surface area (Å²) in [5.74, 6) is -0.210. The summed E-state index contributed by atoms with van der Waals surface area (Å²) < 4.78 is 15.6. The average Bonchev–Trinajstić information content (AvgIpc) is 3.05. The third-order valence-corrected chi connectivity index (χ3v) is 4.92. The zero-order valence-electron chi connectivity index (χ0n) is 16.5. The first-order chi connectivity index (χ1) is 13.4.